The summed E-state index contributed by atoms with van der Waals surface area (Å²) >= 11 is 1.71. The number of nitrogens with zero attached hydrogens (tertiary/aromatic N) is 3. The lowest BCUT2D eigenvalue weighted by molar-refractivity contribution is -0.117. The number of aromatic nitrogens is 5. The number of rotatable bonds is 5. The molecule has 3 N–H and O–H groups in total. The number of aromatic amines is 2. The van der Waals surface area contributed by atoms with Crippen molar-refractivity contribution in [1.29, 1.82) is 0 Å². The summed E-state index contributed by atoms with van der Waals surface area (Å²) in [6.07, 6.45) is 7.27. The van der Waals surface area contributed by atoms with E-state index in [9.17, 15) is 4.79 Å². The average Bonchev–Trinajstić information content (AvgIpc) is 3.26. The Morgan fingerprint density at radius 1 is 1.03 bits per heavy atom. The molecular weight excluding hydrogens is 456 g/mol. The number of pyridine rings is 2. The summed E-state index contributed by atoms with van der Waals surface area (Å²) in [4.78, 5) is 25.7. The number of amides is 1. The smallest absolute Gasteiger partial charge is 0.227 e. The Balaban J connectivity index is 1.29. The van der Waals surface area contributed by atoms with Gasteiger partial charge in [-0.1, -0.05) is 12.1 Å². The van der Waals surface area contributed by atoms with Gasteiger partial charge < -0.3 is 10.3 Å². The van der Waals surface area contributed by atoms with E-state index in [0.717, 1.165) is 68.5 Å². The number of hydrogen-bond donors (Lipinski definition) is 3. The van der Waals surface area contributed by atoms with Gasteiger partial charge in [0.25, 0.3) is 0 Å². The molecule has 1 aliphatic carbocycles. The maximum Gasteiger partial charge on any atom is 0.227 e. The van der Waals surface area contributed by atoms with Gasteiger partial charge >= 0.3 is 0 Å². The third-order valence-electron chi connectivity index (χ3n) is 6.42. The fourth-order valence-corrected chi connectivity index (χ4v) is 5.22. The highest BCUT2D eigenvalue weighted by Crippen LogP contribution is 2.36. The van der Waals surface area contributed by atoms with Gasteiger partial charge in [-0.25, -0.2) is 4.98 Å². The minimum Gasteiger partial charge on any atom is -0.338 e. The number of fused-ring (bicyclic) bond motifs is 2. The second-order valence-electron chi connectivity index (χ2n) is 8.84. The molecular formula is C27H20N6OS. The average molecular weight is 477 g/mol. The van der Waals surface area contributed by atoms with Gasteiger partial charge in [0, 0.05) is 45.1 Å². The van der Waals surface area contributed by atoms with Crippen molar-refractivity contribution in [2.45, 2.75) is 12.8 Å². The molecule has 0 radical (unpaired) electrons. The van der Waals surface area contributed by atoms with Crippen LogP contribution in [0.25, 0.3) is 54.9 Å². The maximum absolute atomic E-state index is 12.2. The molecule has 1 aliphatic rings. The Kier molecular flexibility index (Phi) is 4.53. The number of benzene rings is 1. The van der Waals surface area contributed by atoms with E-state index in [1.807, 2.05) is 30.6 Å². The van der Waals surface area contributed by atoms with Crippen LogP contribution in [0.3, 0.4) is 0 Å². The fourth-order valence-electron chi connectivity index (χ4n) is 4.46. The first-order valence-corrected chi connectivity index (χ1v) is 12.4. The number of nitrogens with one attached hydrogen (secondary N) is 3. The monoisotopic (exact) mass is 476 g/mol. The number of thiophene rings is 1. The molecule has 6 aromatic rings. The van der Waals surface area contributed by atoms with Crippen molar-refractivity contribution >= 4 is 44.9 Å². The zero-order chi connectivity index (χ0) is 23.4. The quantitative estimate of drug-likeness (QED) is 0.274. The van der Waals surface area contributed by atoms with Crippen LogP contribution in [0.15, 0.2) is 72.5 Å². The summed E-state index contributed by atoms with van der Waals surface area (Å²) in [6, 6.07) is 16.5. The van der Waals surface area contributed by atoms with Crippen molar-refractivity contribution < 1.29 is 4.79 Å². The Morgan fingerprint density at radius 3 is 2.83 bits per heavy atom. The van der Waals surface area contributed by atoms with E-state index in [4.69, 9.17) is 0 Å². The van der Waals surface area contributed by atoms with Crippen LogP contribution < -0.4 is 5.32 Å². The van der Waals surface area contributed by atoms with E-state index in [1.165, 1.54) is 4.88 Å². The topological polar surface area (TPSA) is 99.3 Å². The predicted molar refractivity (Wildman–Crippen MR) is 139 cm³/mol. The SMILES string of the molecule is O=C(Nc1cncc(-c2ccc3[nH]nc(-c4cc5c(-c6cccs6)ccnc5[nH]4)c3c2)c1)C1CC1. The molecule has 0 spiro atoms. The highest BCUT2D eigenvalue weighted by atomic mass is 32.1. The first-order chi connectivity index (χ1) is 17.2. The summed E-state index contributed by atoms with van der Waals surface area (Å²) in [5.41, 5.74) is 7.33. The molecule has 1 saturated carbocycles. The molecule has 1 amide bonds. The second kappa shape index (κ2) is 7.89. The summed E-state index contributed by atoms with van der Waals surface area (Å²) in [6.45, 7) is 0. The molecule has 8 heteroatoms. The van der Waals surface area contributed by atoms with Crippen LogP contribution in [-0.4, -0.2) is 31.1 Å². The molecule has 0 aliphatic heterocycles. The van der Waals surface area contributed by atoms with Crippen molar-refractivity contribution in [3.63, 3.8) is 0 Å². The van der Waals surface area contributed by atoms with Gasteiger partial charge in [0.1, 0.15) is 11.3 Å². The van der Waals surface area contributed by atoms with Crippen molar-refractivity contribution in [2.75, 3.05) is 5.32 Å². The Labute approximate surface area is 204 Å². The second-order valence-corrected chi connectivity index (χ2v) is 9.79. The van der Waals surface area contributed by atoms with Gasteiger partial charge in [-0.2, -0.15) is 5.10 Å². The van der Waals surface area contributed by atoms with Crippen molar-refractivity contribution in [1.82, 2.24) is 25.1 Å². The highest BCUT2D eigenvalue weighted by Gasteiger charge is 2.29. The van der Waals surface area contributed by atoms with Gasteiger partial charge in [0.15, 0.2) is 0 Å². The predicted octanol–water partition coefficient (Wildman–Crippen LogP) is 6.25. The first kappa shape index (κ1) is 20.1. The summed E-state index contributed by atoms with van der Waals surface area (Å²) in [5, 5.41) is 14.9. The molecule has 0 bridgehead atoms. The van der Waals surface area contributed by atoms with Crippen LogP contribution in [0.4, 0.5) is 5.69 Å². The van der Waals surface area contributed by atoms with E-state index in [-0.39, 0.29) is 11.8 Å². The maximum atomic E-state index is 12.2. The molecule has 1 fully saturated rings. The van der Waals surface area contributed by atoms with E-state index >= 15 is 0 Å². The number of H-pyrrole nitrogens is 2. The van der Waals surface area contributed by atoms with E-state index in [0.29, 0.717) is 0 Å². The number of carbonyl (C=O) groups is 1. The molecule has 0 saturated heterocycles. The van der Waals surface area contributed by atoms with Crippen LogP contribution in [0.2, 0.25) is 0 Å². The van der Waals surface area contributed by atoms with Crippen molar-refractivity contribution in [2.24, 2.45) is 5.92 Å². The molecule has 5 aromatic heterocycles. The van der Waals surface area contributed by atoms with E-state index < -0.39 is 0 Å². The third-order valence-corrected chi connectivity index (χ3v) is 7.33. The number of carbonyl (C=O) groups excluding carboxylic acids is 1. The van der Waals surface area contributed by atoms with Gasteiger partial charge in [0.05, 0.1) is 23.1 Å². The van der Waals surface area contributed by atoms with Crippen LogP contribution in [0.5, 0.6) is 0 Å². The van der Waals surface area contributed by atoms with Crippen LogP contribution >= 0.6 is 11.3 Å². The minimum atomic E-state index is 0.0749. The molecule has 0 unspecified atom stereocenters. The van der Waals surface area contributed by atoms with E-state index in [1.54, 1.807) is 17.5 Å². The largest absolute Gasteiger partial charge is 0.338 e. The van der Waals surface area contributed by atoms with Gasteiger partial charge in [0.2, 0.25) is 5.91 Å². The molecule has 7 rings (SSSR count). The molecule has 7 nitrogen and oxygen atoms in total. The summed E-state index contributed by atoms with van der Waals surface area (Å²) in [5.74, 6) is 0.223. The van der Waals surface area contributed by atoms with E-state index in [2.05, 4.69) is 66.2 Å². The fraction of sp³-hybridized carbons (Fsp3) is 0.111. The third kappa shape index (κ3) is 3.59. The lowest BCUT2D eigenvalue weighted by Gasteiger charge is -2.07. The Morgan fingerprint density at radius 2 is 1.97 bits per heavy atom. The molecule has 35 heavy (non-hydrogen) atoms. The lowest BCUT2D eigenvalue weighted by Crippen LogP contribution is -2.13. The Bertz CT molecular complexity index is 1710. The normalized spacial score (nSPS) is 13.5. The molecule has 170 valence electrons. The van der Waals surface area contributed by atoms with Crippen molar-refractivity contribution in [3.05, 3.63) is 72.5 Å². The van der Waals surface area contributed by atoms with Gasteiger partial charge in [-0.15, -0.1) is 11.3 Å². The minimum absolute atomic E-state index is 0.0749. The van der Waals surface area contributed by atoms with Crippen LogP contribution in [0.1, 0.15) is 12.8 Å². The molecule has 0 atom stereocenters. The summed E-state index contributed by atoms with van der Waals surface area (Å²) in [7, 11) is 0. The van der Waals surface area contributed by atoms with Crippen LogP contribution in [0, 0.1) is 5.92 Å². The van der Waals surface area contributed by atoms with Crippen LogP contribution in [-0.2, 0) is 4.79 Å². The van der Waals surface area contributed by atoms with Crippen molar-refractivity contribution in [3.8, 4) is 33.0 Å². The number of hydrogen-bond acceptors (Lipinski definition) is 5. The zero-order valence-electron chi connectivity index (χ0n) is 18.6. The molecule has 5 heterocycles. The van der Waals surface area contributed by atoms with Gasteiger partial charge in [-0.05, 0) is 60.2 Å². The standard InChI is InChI=1S/C27H20N6OS/c34-27(15-3-4-15)30-18-10-17(13-28-14-18)16-5-6-22-21(11-16)25(33-32-22)23-12-20-19(24-2-1-9-35-24)7-8-29-26(20)31-23/h1-2,5-15H,3-4H2,(H,29,31)(H,30,34)(H,32,33). The molecule has 1 aromatic carbocycles. The highest BCUT2D eigenvalue weighted by molar-refractivity contribution is 7.13. The zero-order valence-corrected chi connectivity index (χ0v) is 19.4. The lowest BCUT2D eigenvalue weighted by atomic mass is 10.0. The Hall–Kier alpha value is -4.30. The summed E-state index contributed by atoms with van der Waals surface area (Å²) < 4.78 is 0. The van der Waals surface area contributed by atoms with Gasteiger partial charge in [-0.3, -0.25) is 14.9 Å². The first-order valence-electron chi connectivity index (χ1n) is 11.5. The number of anilines is 1.